The van der Waals surface area contributed by atoms with Crippen LogP contribution in [0.4, 0.5) is 18.9 Å². The molecule has 0 aliphatic carbocycles. The average Bonchev–Trinajstić information content (AvgIpc) is 2.47. The Balaban J connectivity index is 1.98. The highest BCUT2D eigenvalue weighted by Crippen LogP contribution is 2.33. The molecule has 120 valence electrons. The Morgan fingerprint density at radius 2 is 1.95 bits per heavy atom. The monoisotopic (exact) mass is 330 g/mol. The molecule has 1 aliphatic rings. The summed E-state index contributed by atoms with van der Waals surface area (Å²) in [6.07, 6.45) is -3.57. The van der Waals surface area contributed by atoms with Gasteiger partial charge in [0.05, 0.1) is 5.92 Å². The fourth-order valence-corrected chi connectivity index (χ4v) is 2.70. The molecular weight excluding hydrogens is 313 g/mol. The van der Waals surface area contributed by atoms with E-state index in [1.54, 1.807) is 29.2 Å². The summed E-state index contributed by atoms with van der Waals surface area (Å²) in [6, 6.07) is 6.69. The van der Waals surface area contributed by atoms with Crippen molar-refractivity contribution in [1.29, 1.82) is 0 Å². The van der Waals surface area contributed by atoms with Gasteiger partial charge in [-0.2, -0.15) is 13.2 Å². The minimum Gasteiger partial charge on any atom is -0.348 e. The van der Waals surface area contributed by atoms with E-state index < -0.39 is 12.1 Å². The minimum atomic E-state index is -4.18. The molecule has 3 nitrogen and oxygen atoms in total. The Morgan fingerprint density at radius 3 is 2.50 bits per heavy atom. The highest BCUT2D eigenvalue weighted by Gasteiger charge is 2.42. The standard InChI is InChI=1S/C15H17F3N2OS/c1-10(21)11-4-6-13(7-5-11)19-14(22)20-8-2-3-12(9-20)15(16,17)18/h4-7,12H,2-3,8-9H2,1H3,(H,19,22)/t12-/m1/s1. The van der Waals surface area contributed by atoms with Gasteiger partial charge in [0.25, 0.3) is 0 Å². The van der Waals surface area contributed by atoms with Crippen LogP contribution in [0.25, 0.3) is 0 Å². The quantitative estimate of drug-likeness (QED) is 0.659. The third kappa shape index (κ3) is 4.19. The van der Waals surface area contributed by atoms with Crippen molar-refractivity contribution in [3.05, 3.63) is 29.8 Å². The number of piperidine rings is 1. The number of carbonyl (C=O) groups is 1. The van der Waals surface area contributed by atoms with Gasteiger partial charge < -0.3 is 10.2 Å². The predicted molar refractivity (Wildman–Crippen MR) is 83.0 cm³/mol. The summed E-state index contributed by atoms with van der Waals surface area (Å²) in [6.45, 7) is 1.88. The van der Waals surface area contributed by atoms with Crippen LogP contribution in [-0.4, -0.2) is 35.1 Å². The molecule has 1 saturated heterocycles. The molecule has 0 bridgehead atoms. The number of ketones is 1. The van der Waals surface area contributed by atoms with Gasteiger partial charge >= 0.3 is 6.18 Å². The number of nitrogens with one attached hydrogen (secondary N) is 1. The molecule has 2 rings (SSSR count). The number of benzene rings is 1. The first kappa shape index (κ1) is 16.7. The van der Waals surface area contributed by atoms with Crippen molar-refractivity contribution in [2.24, 2.45) is 5.92 Å². The molecule has 0 spiro atoms. The predicted octanol–water partition coefficient (Wildman–Crippen LogP) is 3.86. The highest BCUT2D eigenvalue weighted by molar-refractivity contribution is 7.80. The minimum absolute atomic E-state index is 0.0434. The first-order chi connectivity index (χ1) is 10.3. The normalized spacial score (nSPS) is 18.9. The van der Waals surface area contributed by atoms with Crippen molar-refractivity contribution in [3.8, 4) is 0 Å². The zero-order chi connectivity index (χ0) is 16.3. The van der Waals surface area contributed by atoms with Gasteiger partial charge in [-0.3, -0.25) is 4.79 Å². The molecule has 1 aromatic carbocycles. The van der Waals surface area contributed by atoms with Crippen molar-refractivity contribution in [1.82, 2.24) is 4.90 Å². The lowest BCUT2D eigenvalue weighted by Crippen LogP contribution is -2.46. The Bertz CT molecular complexity index is 557. The summed E-state index contributed by atoms with van der Waals surface area (Å²) < 4.78 is 38.4. The average molecular weight is 330 g/mol. The molecule has 0 unspecified atom stereocenters. The molecule has 0 radical (unpaired) electrons. The number of hydrogen-bond donors (Lipinski definition) is 1. The lowest BCUT2D eigenvalue weighted by molar-refractivity contribution is -0.183. The van der Waals surface area contributed by atoms with E-state index in [4.69, 9.17) is 12.2 Å². The summed E-state index contributed by atoms with van der Waals surface area (Å²) in [7, 11) is 0. The summed E-state index contributed by atoms with van der Waals surface area (Å²) in [5.41, 5.74) is 1.23. The smallest absolute Gasteiger partial charge is 0.348 e. The number of halogens is 3. The zero-order valence-electron chi connectivity index (χ0n) is 12.1. The Hall–Kier alpha value is -1.63. The lowest BCUT2D eigenvalue weighted by atomic mass is 9.98. The Morgan fingerprint density at radius 1 is 1.32 bits per heavy atom. The number of rotatable bonds is 2. The van der Waals surface area contributed by atoms with E-state index in [1.165, 1.54) is 6.92 Å². The topological polar surface area (TPSA) is 32.3 Å². The number of carbonyl (C=O) groups excluding carboxylic acids is 1. The highest BCUT2D eigenvalue weighted by atomic mass is 32.1. The molecule has 0 amide bonds. The maximum absolute atomic E-state index is 12.8. The van der Waals surface area contributed by atoms with E-state index in [9.17, 15) is 18.0 Å². The first-order valence-electron chi connectivity index (χ1n) is 7.01. The third-order valence-electron chi connectivity index (χ3n) is 3.71. The maximum Gasteiger partial charge on any atom is 0.393 e. The maximum atomic E-state index is 12.8. The second-order valence-electron chi connectivity index (χ2n) is 5.39. The van der Waals surface area contributed by atoms with Crippen molar-refractivity contribution >= 4 is 28.8 Å². The molecule has 22 heavy (non-hydrogen) atoms. The Labute approximate surface area is 132 Å². The molecule has 1 N–H and O–H groups in total. The van der Waals surface area contributed by atoms with Gasteiger partial charge in [0, 0.05) is 24.3 Å². The fraction of sp³-hybridized carbons (Fsp3) is 0.467. The number of alkyl halides is 3. The van der Waals surface area contributed by atoms with Crippen LogP contribution in [0.15, 0.2) is 24.3 Å². The van der Waals surface area contributed by atoms with E-state index in [0.717, 1.165) is 0 Å². The summed E-state index contributed by atoms with van der Waals surface area (Å²) in [4.78, 5) is 12.7. The van der Waals surface area contributed by atoms with Crippen molar-refractivity contribution < 1.29 is 18.0 Å². The number of hydrogen-bond acceptors (Lipinski definition) is 2. The molecule has 0 saturated carbocycles. The van der Waals surface area contributed by atoms with Gasteiger partial charge in [0.1, 0.15) is 0 Å². The van der Waals surface area contributed by atoms with Crippen molar-refractivity contribution in [2.45, 2.75) is 25.9 Å². The van der Waals surface area contributed by atoms with Crippen LogP contribution in [0.1, 0.15) is 30.1 Å². The van der Waals surface area contributed by atoms with Crippen LogP contribution >= 0.6 is 12.2 Å². The first-order valence-corrected chi connectivity index (χ1v) is 7.42. The molecule has 1 aromatic rings. The van der Waals surface area contributed by atoms with E-state index in [0.29, 0.717) is 24.2 Å². The molecule has 7 heteroatoms. The van der Waals surface area contributed by atoms with Crippen LogP contribution in [0.5, 0.6) is 0 Å². The van der Waals surface area contributed by atoms with Crippen LogP contribution in [-0.2, 0) is 0 Å². The van der Waals surface area contributed by atoms with Gasteiger partial charge in [0.15, 0.2) is 10.9 Å². The van der Waals surface area contributed by atoms with Gasteiger partial charge in [0.2, 0.25) is 0 Å². The Kier molecular flexibility index (Phi) is 5.05. The summed E-state index contributed by atoms with van der Waals surface area (Å²) in [5.74, 6) is -1.38. The molecule has 1 aliphatic heterocycles. The van der Waals surface area contributed by atoms with E-state index >= 15 is 0 Å². The number of thiocarbonyl (C=S) groups is 1. The number of Topliss-reactive ketones (excluding diaryl/α,β-unsaturated/α-hetero) is 1. The largest absolute Gasteiger partial charge is 0.393 e. The van der Waals surface area contributed by atoms with E-state index in [2.05, 4.69) is 5.32 Å². The molecule has 0 aromatic heterocycles. The second kappa shape index (κ2) is 6.64. The number of nitrogens with zero attached hydrogens (tertiary/aromatic N) is 1. The number of likely N-dealkylation sites (tertiary alicyclic amines) is 1. The van der Waals surface area contributed by atoms with Gasteiger partial charge in [-0.25, -0.2) is 0 Å². The zero-order valence-corrected chi connectivity index (χ0v) is 12.9. The molecule has 1 fully saturated rings. The van der Waals surface area contributed by atoms with Crippen LogP contribution < -0.4 is 5.32 Å². The van der Waals surface area contributed by atoms with Gasteiger partial charge in [-0.15, -0.1) is 0 Å². The lowest BCUT2D eigenvalue weighted by Gasteiger charge is -2.35. The third-order valence-corrected chi connectivity index (χ3v) is 4.07. The number of anilines is 1. The summed E-state index contributed by atoms with van der Waals surface area (Å²) >= 11 is 5.20. The van der Waals surface area contributed by atoms with E-state index in [-0.39, 0.29) is 23.9 Å². The van der Waals surface area contributed by atoms with E-state index in [1.807, 2.05) is 0 Å². The SMILES string of the molecule is CC(=O)c1ccc(NC(=S)N2CCC[C@@H](C(F)(F)F)C2)cc1. The molecule has 1 heterocycles. The van der Waals surface area contributed by atoms with Crippen LogP contribution in [0.3, 0.4) is 0 Å². The fourth-order valence-electron chi connectivity index (χ4n) is 2.42. The van der Waals surface area contributed by atoms with Crippen LogP contribution in [0.2, 0.25) is 0 Å². The van der Waals surface area contributed by atoms with Crippen LogP contribution in [0, 0.1) is 5.92 Å². The van der Waals surface area contributed by atoms with Gasteiger partial charge in [-0.1, -0.05) is 0 Å². The van der Waals surface area contributed by atoms with Gasteiger partial charge in [-0.05, 0) is 56.2 Å². The summed E-state index contributed by atoms with van der Waals surface area (Å²) in [5, 5.41) is 3.21. The second-order valence-corrected chi connectivity index (χ2v) is 5.78. The van der Waals surface area contributed by atoms with Crippen molar-refractivity contribution in [2.75, 3.05) is 18.4 Å². The molecule has 1 atom stereocenters. The van der Waals surface area contributed by atoms with Crippen molar-refractivity contribution in [3.63, 3.8) is 0 Å². The molecular formula is C15H17F3N2OS.